The smallest absolute Gasteiger partial charge is 0.263 e. The molecule has 1 fully saturated rings. The average molecular weight is 314 g/mol. The van der Waals surface area contributed by atoms with Crippen molar-refractivity contribution in [3.05, 3.63) is 34.4 Å². The van der Waals surface area contributed by atoms with Crippen LogP contribution in [0.2, 0.25) is 0 Å². The number of nitrogens with two attached hydrogens (primary N) is 1. The molecule has 2 unspecified atom stereocenters. The van der Waals surface area contributed by atoms with Crippen LogP contribution in [-0.2, 0) is 9.59 Å². The number of hydrogen-bond acceptors (Lipinski definition) is 6. The lowest BCUT2D eigenvalue weighted by Gasteiger charge is -2.30. The molecule has 0 bridgehead atoms. The van der Waals surface area contributed by atoms with E-state index in [0.717, 1.165) is 0 Å². The van der Waals surface area contributed by atoms with Crippen molar-refractivity contribution >= 4 is 28.7 Å². The summed E-state index contributed by atoms with van der Waals surface area (Å²) in [6.45, 7) is 2.22. The summed E-state index contributed by atoms with van der Waals surface area (Å²) in [7, 11) is 0. The summed E-state index contributed by atoms with van der Waals surface area (Å²) in [6, 6.07) is 4.64. The fourth-order valence-corrected chi connectivity index (χ4v) is 3.20. The number of aryl methyl sites for hydroxylation is 1. The maximum atomic E-state index is 12.8. The van der Waals surface area contributed by atoms with Crippen LogP contribution in [0.5, 0.6) is 0 Å². The Kier molecular flexibility index (Phi) is 3.96. The largest absolute Gasteiger partial charge is 0.398 e. The molecule has 1 aromatic carbocycles. The van der Waals surface area contributed by atoms with E-state index >= 15 is 0 Å². The van der Waals surface area contributed by atoms with E-state index in [0.29, 0.717) is 48.1 Å². The number of Topliss-reactive ketones (excluding diaryl/α,β-unsaturated/α-hetero) is 1. The Morgan fingerprint density at radius 2 is 2.22 bits per heavy atom. The van der Waals surface area contributed by atoms with Gasteiger partial charge < -0.3 is 11.1 Å². The molecular formula is C16H18N4O3. The van der Waals surface area contributed by atoms with Crippen LogP contribution >= 0.6 is 0 Å². The predicted molar refractivity (Wildman–Crippen MR) is 86.3 cm³/mol. The number of hydrogen-bond donors (Lipinski definition) is 2. The number of aldehydes is 1. The quantitative estimate of drug-likeness (QED) is 0.481. The first kappa shape index (κ1) is 15.4. The summed E-state index contributed by atoms with van der Waals surface area (Å²) in [5, 5.41) is 3.46. The molecule has 0 saturated carbocycles. The zero-order valence-corrected chi connectivity index (χ0v) is 12.8. The number of carbonyl (C=O) groups is 2. The minimum absolute atomic E-state index is 0.116. The molecule has 0 spiro atoms. The molecule has 7 heteroatoms. The minimum atomic E-state index is -0.460. The molecule has 2 aromatic rings. The van der Waals surface area contributed by atoms with E-state index < -0.39 is 11.8 Å². The summed E-state index contributed by atoms with van der Waals surface area (Å²) in [5.74, 6) is 0.161. The van der Waals surface area contributed by atoms with Crippen molar-refractivity contribution in [1.82, 2.24) is 14.9 Å². The molecule has 0 aliphatic carbocycles. The molecule has 120 valence electrons. The standard InChI is InChI=1S/C16H18N4O3/c1-9-19-13-4-2-3-11(17)15(13)16(23)20(9)10-5-6-12(18-7-10)14(22)8-21/h2-4,8,10,12,18H,5-7,17H2,1H3. The molecule has 3 rings (SSSR count). The Balaban J connectivity index is 1.98. The van der Waals surface area contributed by atoms with Crippen molar-refractivity contribution in [3.63, 3.8) is 0 Å². The number of carbonyl (C=O) groups excluding carboxylic acids is 2. The highest BCUT2D eigenvalue weighted by molar-refractivity contribution is 6.27. The summed E-state index contributed by atoms with van der Waals surface area (Å²) >= 11 is 0. The fraction of sp³-hybridized carbons (Fsp3) is 0.375. The van der Waals surface area contributed by atoms with E-state index in [-0.39, 0.29) is 11.6 Å². The highest BCUT2D eigenvalue weighted by Gasteiger charge is 2.28. The van der Waals surface area contributed by atoms with Gasteiger partial charge in [-0.1, -0.05) is 6.07 Å². The number of nitrogen functional groups attached to an aromatic ring is 1. The Labute approximate surface area is 132 Å². The van der Waals surface area contributed by atoms with Crippen LogP contribution in [-0.4, -0.2) is 34.2 Å². The van der Waals surface area contributed by atoms with Gasteiger partial charge in [0.15, 0.2) is 6.29 Å². The molecular weight excluding hydrogens is 296 g/mol. The highest BCUT2D eigenvalue weighted by Crippen LogP contribution is 2.22. The molecule has 1 saturated heterocycles. The molecule has 2 heterocycles. The number of piperidine rings is 1. The van der Waals surface area contributed by atoms with Crippen molar-refractivity contribution in [2.75, 3.05) is 12.3 Å². The number of ketones is 1. The third-order valence-electron chi connectivity index (χ3n) is 4.35. The number of nitrogens with zero attached hydrogens (tertiary/aromatic N) is 2. The van der Waals surface area contributed by atoms with Gasteiger partial charge in [0.2, 0.25) is 5.78 Å². The molecule has 0 radical (unpaired) electrons. The summed E-state index contributed by atoms with van der Waals surface area (Å²) < 4.78 is 1.63. The lowest BCUT2D eigenvalue weighted by molar-refractivity contribution is -0.131. The Hall–Kier alpha value is -2.54. The van der Waals surface area contributed by atoms with Crippen molar-refractivity contribution in [1.29, 1.82) is 0 Å². The molecule has 23 heavy (non-hydrogen) atoms. The zero-order chi connectivity index (χ0) is 16.6. The van der Waals surface area contributed by atoms with E-state index in [1.165, 1.54) is 0 Å². The molecule has 2 atom stereocenters. The van der Waals surface area contributed by atoms with Crippen LogP contribution in [0.3, 0.4) is 0 Å². The van der Waals surface area contributed by atoms with Crippen molar-refractivity contribution < 1.29 is 9.59 Å². The van der Waals surface area contributed by atoms with Gasteiger partial charge in [0.25, 0.3) is 5.56 Å². The zero-order valence-electron chi connectivity index (χ0n) is 12.8. The number of nitrogens with one attached hydrogen (secondary N) is 1. The summed E-state index contributed by atoms with van der Waals surface area (Å²) in [6.07, 6.45) is 1.47. The first-order valence-corrected chi connectivity index (χ1v) is 7.52. The number of aromatic nitrogens is 2. The topological polar surface area (TPSA) is 107 Å². The third kappa shape index (κ3) is 2.63. The second kappa shape index (κ2) is 5.92. The number of anilines is 1. The van der Waals surface area contributed by atoms with Gasteiger partial charge in [-0.15, -0.1) is 0 Å². The van der Waals surface area contributed by atoms with E-state index in [9.17, 15) is 14.4 Å². The lowest BCUT2D eigenvalue weighted by atomic mass is 9.97. The lowest BCUT2D eigenvalue weighted by Crippen LogP contribution is -2.47. The van der Waals surface area contributed by atoms with E-state index in [1.54, 1.807) is 29.7 Å². The minimum Gasteiger partial charge on any atom is -0.398 e. The first-order chi connectivity index (χ1) is 11.0. The maximum Gasteiger partial charge on any atom is 0.263 e. The van der Waals surface area contributed by atoms with Gasteiger partial charge in [-0.3, -0.25) is 19.0 Å². The van der Waals surface area contributed by atoms with Gasteiger partial charge >= 0.3 is 0 Å². The van der Waals surface area contributed by atoms with Crippen LogP contribution in [0.15, 0.2) is 23.0 Å². The molecule has 1 aliphatic rings. The Morgan fingerprint density at radius 1 is 1.43 bits per heavy atom. The number of rotatable bonds is 3. The van der Waals surface area contributed by atoms with Crippen LogP contribution in [0.1, 0.15) is 24.7 Å². The van der Waals surface area contributed by atoms with Gasteiger partial charge in [0.05, 0.1) is 23.0 Å². The summed E-state index contributed by atoms with van der Waals surface area (Å²) in [5.41, 5.74) is 6.76. The van der Waals surface area contributed by atoms with Gasteiger partial charge in [0, 0.05) is 12.2 Å². The van der Waals surface area contributed by atoms with Crippen LogP contribution in [0.4, 0.5) is 5.69 Å². The Bertz CT molecular complexity index is 835. The van der Waals surface area contributed by atoms with Crippen molar-refractivity contribution in [2.45, 2.75) is 31.8 Å². The van der Waals surface area contributed by atoms with E-state index in [4.69, 9.17) is 5.73 Å². The SMILES string of the molecule is Cc1nc2cccc(N)c2c(=O)n1C1CCC(C(=O)C=O)NC1. The van der Waals surface area contributed by atoms with E-state index in [2.05, 4.69) is 10.3 Å². The molecule has 0 amide bonds. The van der Waals surface area contributed by atoms with Crippen molar-refractivity contribution in [3.8, 4) is 0 Å². The van der Waals surface area contributed by atoms with Gasteiger partial charge in [0.1, 0.15) is 5.82 Å². The number of benzene rings is 1. The van der Waals surface area contributed by atoms with E-state index in [1.807, 2.05) is 0 Å². The fourth-order valence-electron chi connectivity index (χ4n) is 3.20. The first-order valence-electron chi connectivity index (χ1n) is 7.52. The van der Waals surface area contributed by atoms with Crippen molar-refractivity contribution in [2.24, 2.45) is 0 Å². The van der Waals surface area contributed by atoms with Gasteiger partial charge in [-0.05, 0) is 31.9 Å². The number of fused-ring (bicyclic) bond motifs is 1. The molecule has 3 N–H and O–H groups in total. The average Bonchev–Trinajstić information content (AvgIpc) is 2.54. The predicted octanol–water partition coefficient (Wildman–Crippen LogP) is 0.348. The molecule has 1 aromatic heterocycles. The monoisotopic (exact) mass is 314 g/mol. The molecule has 7 nitrogen and oxygen atoms in total. The normalized spacial score (nSPS) is 21.3. The Morgan fingerprint density at radius 3 is 2.87 bits per heavy atom. The molecule has 1 aliphatic heterocycles. The van der Waals surface area contributed by atoms with Crippen LogP contribution in [0, 0.1) is 6.92 Å². The summed E-state index contributed by atoms with van der Waals surface area (Å²) in [4.78, 5) is 39.3. The second-order valence-corrected chi connectivity index (χ2v) is 5.79. The maximum absolute atomic E-state index is 12.8. The third-order valence-corrected chi connectivity index (χ3v) is 4.35. The van der Waals surface area contributed by atoms with Crippen LogP contribution in [0.25, 0.3) is 10.9 Å². The highest BCUT2D eigenvalue weighted by atomic mass is 16.2. The van der Waals surface area contributed by atoms with Gasteiger partial charge in [-0.2, -0.15) is 0 Å². The van der Waals surface area contributed by atoms with Crippen LogP contribution < -0.4 is 16.6 Å². The van der Waals surface area contributed by atoms with Gasteiger partial charge in [-0.25, -0.2) is 4.98 Å². The second-order valence-electron chi connectivity index (χ2n) is 5.79.